The lowest BCUT2D eigenvalue weighted by Gasteiger charge is -2.10. The highest BCUT2D eigenvalue weighted by molar-refractivity contribution is 5.36. The van der Waals surface area contributed by atoms with E-state index in [2.05, 4.69) is 5.32 Å². The fourth-order valence-electron chi connectivity index (χ4n) is 2.24. The first-order valence-electron chi connectivity index (χ1n) is 4.87. The van der Waals surface area contributed by atoms with Gasteiger partial charge in [0.1, 0.15) is 5.82 Å². The Kier molecular flexibility index (Phi) is 1.47. The van der Waals surface area contributed by atoms with Crippen LogP contribution in [0.5, 0.6) is 0 Å². The molecule has 0 spiro atoms. The Morgan fingerprint density at radius 1 is 1.31 bits per heavy atom. The van der Waals surface area contributed by atoms with Crippen LogP contribution in [0.4, 0.5) is 4.39 Å². The van der Waals surface area contributed by atoms with Crippen LogP contribution in [-0.2, 0) is 6.54 Å². The van der Waals surface area contributed by atoms with E-state index >= 15 is 0 Å². The van der Waals surface area contributed by atoms with Gasteiger partial charge < -0.3 is 5.32 Å². The molecule has 1 atom stereocenters. The molecular weight excluding hydrogens is 165 g/mol. The topological polar surface area (TPSA) is 12.0 Å². The normalized spacial score (nSPS) is 26.1. The summed E-state index contributed by atoms with van der Waals surface area (Å²) in [6.45, 7) is 0.842. The summed E-state index contributed by atoms with van der Waals surface area (Å²) < 4.78 is 13.5. The summed E-state index contributed by atoms with van der Waals surface area (Å²) in [5.41, 5.74) is 2.09. The van der Waals surface area contributed by atoms with E-state index in [1.807, 2.05) is 6.07 Å². The predicted molar refractivity (Wildman–Crippen MR) is 48.7 cm³/mol. The van der Waals surface area contributed by atoms with Crippen molar-refractivity contribution in [2.75, 3.05) is 0 Å². The smallest absolute Gasteiger partial charge is 0.128 e. The van der Waals surface area contributed by atoms with Crippen LogP contribution < -0.4 is 5.32 Å². The molecule has 0 saturated heterocycles. The van der Waals surface area contributed by atoms with Gasteiger partial charge in [-0.1, -0.05) is 12.1 Å². The molecule has 1 heterocycles. The van der Waals surface area contributed by atoms with Crippen molar-refractivity contribution in [1.82, 2.24) is 5.32 Å². The summed E-state index contributed by atoms with van der Waals surface area (Å²) in [5, 5.41) is 3.38. The molecule has 1 fully saturated rings. The molecule has 1 unspecified atom stereocenters. The zero-order valence-corrected chi connectivity index (χ0v) is 7.39. The Morgan fingerprint density at radius 2 is 2.15 bits per heavy atom. The van der Waals surface area contributed by atoms with Crippen molar-refractivity contribution < 1.29 is 4.39 Å². The number of halogens is 1. The lowest BCUT2D eigenvalue weighted by Crippen LogP contribution is -2.14. The van der Waals surface area contributed by atoms with Gasteiger partial charge in [0.2, 0.25) is 0 Å². The first kappa shape index (κ1) is 7.51. The Hall–Kier alpha value is -0.890. The molecule has 13 heavy (non-hydrogen) atoms. The number of fused-ring (bicyclic) bond motifs is 1. The van der Waals surface area contributed by atoms with E-state index in [1.54, 1.807) is 12.1 Å². The summed E-state index contributed by atoms with van der Waals surface area (Å²) in [6.07, 6.45) is 2.51. The zero-order valence-electron chi connectivity index (χ0n) is 7.39. The van der Waals surface area contributed by atoms with Crippen molar-refractivity contribution in [2.45, 2.75) is 25.4 Å². The van der Waals surface area contributed by atoms with Crippen molar-refractivity contribution in [3.8, 4) is 0 Å². The monoisotopic (exact) mass is 177 g/mol. The third kappa shape index (κ3) is 1.09. The van der Waals surface area contributed by atoms with Crippen LogP contribution in [-0.4, -0.2) is 0 Å². The molecule has 0 bridgehead atoms. The SMILES string of the molecule is Fc1cccc2c1C(C1CC1)NC2. The van der Waals surface area contributed by atoms with Gasteiger partial charge in [0.15, 0.2) is 0 Å². The summed E-state index contributed by atoms with van der Waals surface area (Å²) >= 11 is 0. The van der Waals surface area contributed by atoms with Gasteiger partial charge in [0.25, 0.3) is 0 Å². The molecule has 1 aliphatic heterocycles. The van der Waals surface area contributed by atoms with E-state index in [4.69, 9.17) is 0 Å². The molecule has 1 aromatic carbocycles. The first-order valence-corrected chi connectivity index (χ1v) is 4.87. The molecule has 68 valence electrons. The zero-order chi connectivity index (χ0) is 8.84. The number of rotatable bonds is 1. The molecule has 0 aromatic heterocycles. The minimum absolute atomic E-state index is 0.0283. The molecule has 3 rings (SSSR count). The Bertz CT molecular complexity index is 344. The second-order valence-electron chi connectivity index (χ2n) is 4.01. The third-order valence-corrected chi connectivity index (χ3v) is 3.06. The Morgan fingerprint density at radius 3 is 2.92 bits per heavy atom. The average Bonchev–Trinajstić information content (AvgIpc) is 2.87. The van der Waals surface area contributed by atoms with Crippen LogP contribution in [0, 0.1) is 11.7 Å². The number of benzene rings is 1. The van der Waals surface area contributed by atoms with Gasteiger partial charge in [0.05, 0.1) is 0 Å². The Balaban J connectivity index is 2.07. The molecule has 1 aromatic rings. The van der Waals surface area contributed by atoms with Gasteiger partial charge in [-0.15, -0.1) is 0 Å². The van der Waals surface area contributed by atoms with Crippen molar-refractivity contribution in [2.24, 2.45) is 5.92 Å². The maximum Gasteiger partial charge on any atom is 0.128 e. The van der Waals surface area contributed by atoms with Gasteiger partial charge in [0, 0.05) is 18.2 Å². The molecule has 2 aliphatic rings. The standard InChI is InChI=1S/C11H12FN/c12-9-3-1-2-8-6-13-11(10(8)9)7-4-5-7/h1-3,7,11,13H,4-6H2. The molecule has 0 amide bonds. The van der Waals surface area contributed by atoms with E-state index < -0.39 is 0 Å². The van der Waals surface area contributed by atoms with Crippen molar-refractivity contribution >= 4 is 0 Å². The highest BCUT2D eigenvalue weighted by Crippen LogP contribution is 2.45. The number of hydrogen-bond donors (Lipinski definition) is 1. The lowest BCUT2D eigenvalue weighted by atomic mass is 10.0. The molecule has 1 nitrogen and oxygen atoms in total. The van der Waals surface area contributed by atoms with Crippen LogP contribution in [0.25, 0.3) is 0 Å². The van der Waals surface area contributed by atoms with Crippen LogP contribution in [0.1, 0.15) is 30.0 Å². The van der Waals surface area contributed by atoms with Gasteiger partial charge in [-0.2, -0.15) is 0 Å². The van der Waals surface area contributed by atoms with E-state index in [9.17, 15) is 4.39 Å². The molecule has 0 radical (unpaired) electrons. The molecular formula is C11H12FN. The fraction of sp³-hybridized carbons (Fsp3) is 0.455. The lowest BCUT2D eigenvalue weighted by molar-refractivity contribution is 0.498. The van der Waals surface area contributed by atoms with Crippen molar-refractivity contribution in [3.05, 3.63) is 35.1 Å². The van der Waals surface area contributed by atoms with Crippen molar-refractivity contribution in [1.29, 1.82) is 0 Å². The van der Waals surface area contributed by atoms with Gasteiger partial charge in [-0.05, 0) is 30.4 Å². The molecule has 1 N–H and O–H groups in total. The summed E-state index contributed by atoms with van der Waals surface area (Å²) in [7, 11) is 0. The molecule has 1 saturated carbocycles. The Labute approximate surface area is 77.0 Å². The maximum absolute atomic E-state index is 13.5. The van der Waals surface area contributed by atoms with E-state index in [0.717, 1.165) is 17.7 Å². The first-order chi connectivity index (χ1) is 6.36. The highest BCUT2D eigenvalue weighted by atomic mass is 19.1. The number of hydrogen-bond acceptors (Lipinski definition) is 1. The second kappa shape index (κ2) is 2.55. The largest absolute Gasteiger partial charge is 0.305 e. The van der Waals surface area contributed by atoms with Crippen molar-refractivity contribution in [3.63, 3.8) is 0 Å². The third-order valence-electron chi connectivity index (χ3n) is 3.06. The van der Waals surface area contributed by atoms with Gasteiger partial charge in [-0.25, -0.2) is 4.39 Å². The van der Waals surface area contributed by atoms with Crippen LogP contribution in [0.2, 0.25) is 0 Å². The predicted octanol–water partition coefficient (Wildman–Crippen LogP) is 2.38. The van der Waals surface area contributed by atoms with E-state index in [-0.39, 0.29) is 5.82 Å². The van der Waals surface area contributed by atoms with Crippen LogP contribution in [0.15, 0.2) is 18.2 Å². The quantitative estimate of drug-likeness (QED) is 0.694. The van der Waals surface area contributed by atoms with Crippen LogP contribution in [0.3, 0.4) is 0 Å². The second-order valence-corrected chi connectivity index (χ2v) is 4.01. The molecule has 2 heteroatoms. The van der Waals surface area contributed by atoms with E-state index in [1.165, 1.54) is 12.8 Å². The minimum Gasteiger partial charge on any atom is -0.305 e. The number of nitrogens with one attached hydrogen (secondary N) is 1. The summed E-state index contributed by atoms with van der Waals surface area (Å²) in [6, 6.07) is 5.69. The summed E-state index contributed by atoms with van der Waals surface area (Å²) in [4.78, 5) is 0. The molecule has 1 aliphatic carbocycles. The minimum atomic E-state index is -0.0283. The maximum atomic E-state index is 13.5. The summed E-state index contributed by atoms with van der Waals surface area (Å²) in [5.74, 6) is 0.664. The highest BCUT2D eigenvalue weighted by Gasteiger charge is 2.37. The van der Waals surface area contributed by atoms with Gasteiger partial charge in [-0.3, -0.25) is 0 Å². The van der Waals surface area contributed by atoms with Crippen LogP contribution >= 0.6 is 0 Å². The average molecular weight is 177 g/mol. The van der Waals surface area contributed by atoms with E-state index in [0.29, 0.717) is 12.0 Å². The fourth-order valence-corrected chi connectivity index (χ4v) is 2.24. The van der Waals surface area contributed by atoms with Gasteiger partial charge >= 0.3 is 0 Å².